The summed E-state index contributed by atoms with van der Waals surface area (Å²) >= 11 is 0. The van der Waals surface area contributed by atoms with Crippen molar-refractivity contribution in [1.82, 2.24) is 14.8 Å². The summed E-state index contributed by atoms with van der Waals surface area (Å²) in [5, 5.41) is 9.74. The number of pyridine rings is 1. The number of nitrogens with one attached hydrogen (secondary N) is 2. The Bertz CT molecular complexity index is 817. The van der Waals surface area contributed by atoms with Gasteiger partial charge < -0.3 is 10.1 Å². The molecule has 0 atom stereocenters. The fraction of sp³-hybridized carbons (Fsp3) is 0.118. The van der Waals surface area contributed by atoms with Crippen LogP contribution in [-0.4, -0.2) is 27.9 Å². The quantitative estimate of drug-likeness (QED) is 0.756. The number of nitrogens with zero attached hydrogens (tertiary/aromatic N) is 3. The Kier molecular flexibility index (Phi) is 4.71. The molecule has 2 heterocycles. The third-order valence-corrected chi connectivity index (χ3v) is 3.28. The van der Waals surface area contributed by atoms with E-state index in [4.69, 9.17) is 4.74 Å². The number of carbonyl (C=O) groups is 1. The average molecular weight is 323 g/mol. The molecule has 7 heteroatoms. The third kappa shape index (κ3) is 4.10. The maximum Gasteiger partial charge on any atom is 0.324 e. The van der Waals surface area contributed by atoms with E-state index in [2.05, 4.69) is 20.7 Å². The Morgan fingerprint density at radius 1 is 1.21 bits per heavy atom. The molecule has 2 aromatic heterocycles. The molecular formula is C17H17N5O2. The van der Waals surface area contributed by atoms with E-state index in [0.29, 0.717) is 23.8 Å². The number of carbonyl (C=O) groups excluding carboxylic acids is 1. The summed E-state index contributed by atoms with van der Waals surface area (Å²) in [6.45, 7) is 0.590. The maximum atomic E-state index is 12.0. The fourth-order valence-corrected chi connectivity index (χ4v) is 2.17. The molecule has 0 spiro atoms. The SMILES string of the molecule is COc1cccc(NC(=O)Nc2ccn(Cc3cccnc3)n2)c1. The molecule has 1 aromatic carbocycles. The van der Waals surface area contributed by atoms with E-state index in [0.717, 1.165) is 5.56 Å². The monoisotopic (exact) mass is 323 g/mol. The highest BCUT2D eigenvalue weighted by atomic mass is 16.5. The summed E-state index contributed by atoms with van der Waals surface area (Å²) in [4.78, 5) is 16.1. The van der Waals surface area contributed by atoms with Gasteiger partial charge in [-0.2, -0.15) is 5.10 Å². The molecule has 7 nitrogen and oxygen atoms in total. The van der Waals surface area contributed by atoms with Crippen molar-refractivity contribution in [3.05, 3.63) is 66.6 Å². The van der Waals surface area contributed by atoms with Gasteiger partial charge in [0.15, 0.2) is 5.82 Å². The van der Waals surface area contributed by atoms with Crippen molar-refractivity contribution in [3.8, 4) is 5.75 Å². The van der Waals surface area contributed by atoms with E-state index in [1.807, 2.05) is 18.2 Å². The predicted molar refractivity (Wildman–Crippen MR) is 91.2 cm³/mol. The number of hydrogen-bond donors (Lipinski definition) is 2. The van der Waals surface area contributed by atoms with E-state index in [1.54, 1.807) is 54.6 Å². The highest BCUT2D eigenvalue weighted by Crippen LogP contribution is 2.17. The minimum atomic E-state index is -0.366. The highest BCUT2D eigenvalue weighted by molar-refractivity contribution is 5.99. The van der Waals surface area contributed by atoms with Crippen LogP contribution in [0, 0.1) is 0 Å². The molecule has 0 unspecified atom stereocenters. The minimum Gasteiger partial charge on any atom is -0.497 e. The first-order valence-corrected chi connectivity index (χ1v) is 7.37. The van der Waals surface area contributed by atoms with Crippen molar-refractivity contribution in [2.24, 2.45) is 0 Å². The summed E-state index contributed by atoms with van der Waals surface area (Å²) < 4.78 is 6.86. The van der Waals surface area contributed by atoms with Crippen molar-refractivity contribution in [3.63, 3.8) is 0 Å². The molecule has 24 heavy (non-hydrogen) atoms. The summed E-state index contributed by atoms with van der Waals surface area (Å²) in [7, 11) is 1.58. The van der Waals surface area contributed by atoms with Gasteiger partial charge in [-0.1, -0.05) is 12.1 Å². The highest BCUT2D eigenvalue weighted by Gasteiger charge is 2.06. The molecular weight excluding hydrogens is 306 g/mol. The minimum absolute atomic E-state index is 0.366. The zero-order valence-electron chi connectivity index (χ0n) is 13.1. The summed E-state index contributed by atoms with van der Waals surface area (Å²) in [6.07, 6.45) is 5.31. The van der Waals surface area contributed by atoms with Crippen molar-refractivity contribution in [1.29, 1.82) is 0 Å². The van der Waals surface area contributed by atoms with Gasteiger partial charge in [0, 0.05) is 36.4 Å². The van der Waals surface area contributed by atoms with Gasteiger partial charge in [0.2, 0.25) is 0 Å². The molecule has 122 valence electrons. The van der Waals surface area contributed by atoms with Gasteiger partial charge in [-0.05, 0) is 23.8 Å². The van der Waals surface area contributed by atoms with Crippen LogP contribution < -0.4 is 15.4 Å². The molecule has 3 rings (SSSR count). The van der Waals surface area contributed by atoms with Gasteiger partial charge in [0.1, 0.15) is 5.75 Å². The molecule has 2 N–H and O–H groups in total. The van der Waals surface area contributed by atoms with Gasteiger partial charge in [-0.3, -0.25) is 15.0 Å². The number of rotatable bonds is 5. The topological polar surface area (TPSA) is 81.1 Å². The standard InChI is InChI=1S/C17H17N5O2/c1-24-15-6-2-5-14(10-15)19-17(23)20-16-7-9-22(21-16)12-13-4-3-8-18-11-13/h2-11H,12H2,1H3,(H2,19,20,21,23). The Labute approximate surface area is 139 Å². The van der Waals surface area contributed by atoms with E-state index < -0.39 is 0 Å². The van der Waals surface area contributed by atoms with Crippen molar-refractivity contribution >= 4 is 17.5 Å². The number of methoxy groups -OCH3 is 1. The molecule has 0 radical (unpaired) electrons. The van der Waals surface area contributed by atoms with Crippen LogP contribution in [0.15, 0.2) is 61.1 Å². The molecule has 0 aliphatic rings. The van der Waals surface area contributed by atoms with Crippen LogP contribution >= 0.6 is 0 Å². The summed E-state index contributed by atoms with van der Waals surface area (Å²) in [6, 6.07) is 12.3. The number of hydrogen-bond acceptors (Lipinski definition) is 4. The van der Waals surface area contributed by atoms with Gasteiger partial charge >= 0.3 is 6.03 Å². The number of benzene rings is 1. The van der Waals surface area contributed by atoms with Crippen molar-refractivity contribution in [2.45, 2.75) is 6.54 Å². The molecule has 0 bridgehead atoms. The normalized spacial score (nSPS) is 10.2. The average Bonchev–Trinajstić information content (AvgIpc) is 3.02. The zero-order valence-corrected chi connectivity index (χ0v) is 13.1. The summed E-state index contributed by atoms with van der Waals surface area (Å²) in [5.41, 5.74) is 1.68. The Balaban J connectivity index is 1.58. The molecule has 0 fully saturated rings. The number of ether oxygens (including phenoxy) is 1. The third-order valence-electron chi connectivity index (χ3n) is 3.28. The van der Waals surface area contributed by atoms with E-state index in [1.165, 1.54) is 0 Å². The van der Waals surface area contributed by atoms with Crippen LogP contribution in [0.5, 0.6) is 5.75 Å². The van der Waals surface area contributed by atoms with Gasteiger partial charge in [-0.15, -0.1) is 0 Å². The Morgan fingerprint density at radius 3 is 2.92 bits per heavy atom. The lowest BCUT2D eigenvalue weighted by Crippen LogP contribution is -2.19. The van der Waals surface area contributed by atoms with Crippen LogP contribution in [-0.2, 0) is 6.54 Å². The second kappa shape index (κ2) is 7.28. The molecule has 0 saturated carbocycles. The van der Waals surface area contributed by atoms with Crippen LogP contribution in [0.1, 0.15) is 5.56 Å². The number of aromatic nitrogens is 3. The second-order valence-electron chi connectivity index (χ2n) is 5.07. The first-order valence-electron chi connectivity index (χ1n) is 7.37. The zero-order chi connectivity index (χ0) is 16.8. The van der Waals surface area contributed by atoms with Crippen LogP contribution in [0.2, 0.25) is 0 Å². The molecule has 0 aliphatic heterocycles. The fourth-order valence-electron chi connectivity index (χ4n) is 2.17. The molecule has 2 amide bonds. The lowest BCUT2D eigenvalue weighted by atomic mass is 10.3. The predicted octanol–water partition coefficient (Wildman–Crippen LogP) is 2.98. The Hall–Kier alpha value is -3.35. The number of urea groups is 1. The van der Waals surface area contributed by atoms with Gasteiger partial charge in [0.25, 0.3) is 0 Å². The smallest absolute Gasteiger partial charge is 0.324 e. The molecule has 0 aliphatic carbocycles. The lowest BCUT2D eigenvalue weighted by Gasteiger charge is -2.07. The van der Waals surface area contributed by atoms with E-state index in [9.17, 15) is 4.79 Å². The molecule has 3 aromatic rings. The Morgan fingerprint density at radius 2 is 2.12 bits per heavy atom. The second-order valence-corrected chi connectivity index (χ2v) is 5.07. The maximum absolute atomic E-state index is 12.0. The first kappa shape index (κ1) is 15.5. The number of anilines is 2. The van der Waals surface area contributed by atoms with Gasteiger partial charge in [-0.25, -0.2) is 4.79 Å². The number of amides is 2. The van der Waals surface area contributed by atoms with Crippen molar-refractivity contribution < 1.29 is 9.53 Å². The largest absolute Gasteiger partial charge is 0.497 e. The van der Waals surface area contributed by atoms with Crippen LogP contribution in [0.3, 0.4) is 0 Å². The lowest BCUT2D eigenvalue weighted by molar-refractivity contribution is 0.262. The molecule has 0 saturated heterocycles. The summed E-state index contributed by atoms with van der Waals surface area (Å²) in [5.74, 6) is 1.15. The van der Waals surface area contributed by atoms with Gasteiger partial charge in [0.05, 0.1) is 13.7 Å². The van der Waals surface area contributed by atoms with Crippen LogP contribution in [0.25, 0.3) is 0 Å². The first-order chi connectivity index (χ1) is 11.7. The van der Waals surface area contributed by atoms with E-state index >= 15 is 0 Å². The van der Waals surface area contributed by atoms with Crippen molar-refractivity contribution in [2.75, 3.05) is 17.7 Å². The van der Waals surface area contributed by atoms with E-state index in [-0.39, 0.29) is 6.03 Å². The van der Waals surface area contributed by atoms with Crippen LogP contribution in [0.4, 0.5) is 16.3 Å².